The lowest BCUT2D eigenvalue weighted by Crippen LogP contribution is -2.30. The third kappa shape index (κ3) is 5.89. The summed E-state index contributed by atoms with van der Waals surface area (Å²) in [5, 5.41) is 2.83. The molecule has 2 heterocycles. The zero-order chi connectivity index (χ0) is 20.6. The van der Waals surface area contributed by atoms with Gasteiger partial charge in [0, 0.05) is 31.5 Å². The quantitative estimate of drug-likeness (QED) is 0.599. The minimum absolute atomic E-state index is 0.268. The van der Waals surface area contributed by atoms with Gasteiger partial charge in [-0.15, -0.1) is 0 Å². The smallest absolute Gasteiger partial charge is 0.273 e. The number of carbonyl (C=O) groups excluding carboxylic acids is 1. The van der Waals surface area contributed by atoms with Crippen molar-refractivity contribution in [2.45, 2.75) is 39.5 Å². The molecule has 0 aliphatic heterocycles. The Hall–Kier alpha value is -3.19. The lowest BCUT2D eigenvalue weighted by atomic mass is 10.2. The molecule has 1 aromatic carbocycles. The predicted octanol–water partition coefficient (Wildman–Crippen LogP) is 3.42. The fourth-order valence-electron chi connectivity index (χ4n) is 2.82. The molecule has 0 saturated carbocycles. The van der Waals surface area contributed by atoms with Gasteiger partial charge in [-0.05, 0) is 43.2 Å². The van der Waals surface area contributed by atoms with Crippen molar-refractivity contribution in [1.82, 2.24) is 20.2 Å². The van der Waals surface area contributed by atoms with Gasteiger partial charge in [0.15, 0.2) is 5.69 Å². The van der Waals surface area contributed by atoms with Crippen LogP contribution in [0.25, 0.3) is 0 Å². The highest BCUT2D eigenvalue weighted by Crippen LogP contribution is 2.16. The van der Waals surface area contributed by atoms with Gasteiger partial charge >= 0.3 is 0 Å². The van der Waals surface area contributed by atoms with E-state index in [-0.39, 0.29) is 17.6 Å². The summed E-state index contributed by atoms with van der Waals surface area (Å²) < 4.78 is 10.8. The maximum Gasteiger partial charge on any atom is 0.273 e. The number of benzene rings is 1. The molecule has 7 nitrogen and oxygen atoms in total. The van der Waals surface area contributed by atoms with Crippen molar-refractivity contribution in [2.75, 3.05) is 7.11 Å². The van der Waals surface area contributed by atoms with Crippen molar-refractivity contribution in [1.29, 1.82) is 0 Å². The molecule has 152 valence electrons. The fraction of sp³-hybridized carbons (Fsp3) is 0.318. The first kappa shape index (κ1) is 20.5. The van der Waals surface area contributed by atoms with Crippen LogP contribution in [0.5, 0.6) is 5.75 Å². The number of pyridine rings is 1. The molecule has 0 saturated heterocycles. The molecule has 1 amide bonds. The third-order valence-corrected chi connectivity index (χ3v) is 4.57. The largest absolute Gasteiger partial charge is 0.497 e. The van der Waals surface area contributed by atoms with Crippen LogP contribution in [0, 0.1) is 0 Å². The van der Waals surface area contributed by atoms with E-state index < -0.39 is 0 Å². The number of rotatable bonds is 9. The zero-order valence-corrected chi connectivity index (χ0v) is 17.0. The molecule has 29 heavy (non-hydrogen) atoms. The van der Waals surface area contributed by atoms with Crippen molar-refractivity contribution in [3.05, 3.63) is 77.8 Å². The standard InChI is InChI=1S/C22H26N4O3/c1-16(2)26(13-17-6-8-19(28-3)9-7-17)14-21-25-20(15-29-21)22(27)24-12-18-5-4-10-23-11-18/h4-11,15-16H,12-14H2,1-3H3,(H,24,27). The molecule has 0 bridgehead atoms. The van der Waals surface area contributed by atoms with Gasteiger partial charge in [0.05, 0.1) is 13.7 Å². The number of amides is 1. The maximum atomic E-state index is 12.3. The number of carbonyl (C=O) groups is 1. The van der Waals surface area contributed by atoms with Crippen LogP contribution < -0.4 is 10.1 Å². The topological polar surface area (TPSA) is 80.5 Å². The Bertz CT molecular complexity index is 907. The van der Waals surface area contributed by atoms with Crippen molar-refractivity contribution in [3.8, 4) is 5.75 Å². The van der Waals surface area contributed by atoms with Crippen LogP contribution in [0.3, 0.4) is 0 Å². The van der Waals surface area contributed by atoms with E-state index in [1.54, 1.807) is 19.5 Å². The number of methoxy groups -OCH3 is 1. The van der Waals surface area contributed by atoms with Gasteiger partial charge in [0.1, 0.15) is 12.0 Å². The van der Waals surface area contributed by atoms with Gasteiger partial charge in [-0.3, -0.25) is 14.7 Å². The lowest BCUT2D eigenvalue weighted by molar-refractivity contribution is 0.0945. The fourth-order valence-corrected chi connectivity index (χ4v) is 2.82. The summed E-state index contributed by atoms with van der Waals surface area (Å²) in [7, 11) is 1.66. The highest BCUT2D eigenvalue weighted by atomic mass is 16.5. The van der Waals surface area contributed by atoms with Gasteiger partial charge in [0.25, 0.3) is 5.91 Å². The van der Waals surface area contributed by atoms with Gasteiger partial charge in [-0.25, -0.2) is 4.98 Å². The summed E-state index contributed by atoms with van der Waals surface area (Å²) in [6, 6.07) is 12.0. The molecule has 0 atom stereocenters. The summed E-state index contributed by atoms with van der Waals surface area (Å²) in [5.74, 6) is 1.08. The normalized spacial score (nSPS) is 11.1. The second kappa shape index (κ2) is 9.84. The molecular formula is C22H26N4O3. The van der Waals surface area contributed by atoms with Gasteiger partial charge < -0.3 is 14.5 Å². The molecule has 0 unspecified atom stereocenters. The molecule has 2 aromatic heterocycles. The SMILES string of the molecule is COc1ccc(CN(Cc2nc(C(=O)NCc3cccnc3)co2)C(C)C)cc1. The van der Waals surface area contributed by atoms with Crippen molar-refractivity contribution in [3.63, 3.8) is 0 Å². The number of ether oxygens (including phenoxy) is 1. The minimum Gasteiger partial charge on any atom is -0.497 e. The predicted molar refractivity (Wildman–Crippen MR) is 109 cm³/mol. The van der Waals surface area contributed by atoms with Crippen LogP contribution in [-0.4, -0.2) is 33.9 Å². The summed E-state index contributed by atoms with van der Waals surface area (Å²) in [5.41, 5.74) is 2.37. The van der Waals surface area contributed by atoms with E-state index in [1.807, 2.05) is 36.4 Å². The minimum atomic E-state index is -0.268. The Morgan fingerprint density at radius 2 is 1.97 bits per heavy atom. The zero-order valence-electron chi connectivity index (χ0n) is 17.0. The highest BCUT2D eigenvalue weighted by Gasteiger charge is 2.17. The van der Waals surface area contributed by atoms with E-state index >= 15 is 0 Å². The first-order chi connectivity index (χ1) is 14.0. The molecule has 3 rings (SSSR count). The van der Waals surface area contributed by atoms with Crippen LogP contribution in [0.4, 0.5) is 0 Å². The molecule has 3 aromatic rings. The Labute approximate surface area is 170 Å². The molecule has 0 spiro atoms. The molecule has 0 aliphatic rings. The molecule has 1 N–H and O–H groups in total. The molecule has 7 heteroatoms. The maximum absolute atomic E-state index is 12.3. The van der Waals surface area contributed by atoms with E-state index in [1.165, 1.54) is 11.8 Å². The number of oxazole rings is 1. The van der Waals surface area contributed by atoms with E-state index in [2.05, 4.69) is 34.0 Å². The lowest BCUT2D eigenvalue weighted by Gasteiger charge is -2.25. The van der Waals surface area contributed by atoms with Gasteiger partial charge in [0.2, 0.25) is 5.89 Å². The first-order valence-corrected chi connectivity index (χ1v) is 9.53. The van der Waals surface area contributed by atoms with Crippen LogP contribution in [-0.2, 0) is 19.6 Å². The average molecular weight is 394 g/mol. The van der Waals surface area contributed by atoms with Crippen LogP contribution >= 0.6 is 0 Å². The van der Waals surface area contributed by atoms with E-state index in [4.69, 9.17) is 9.15 Å². The Kier molecular flexibility index (Phi) is 6.97. The highest BCUT2D eigenvalue weighted by molar-refractivity contribution is 5.91. The number of nitrogens with zero attached hydrogens (tertiary/aromatic N) is 3. The summed E-state index contributed by atoms with van der Waals surface area (Å²) in [6.07, 6.45) is 4.82. The number of hydrogen-bond donors (Lipinski definition) is 1. The Morgan fingerprint density at radius 1 is 1.17 bits per heavy atom. The van der Waals surface area contributed by atoms with Crippen molar-refractivity contribution in [2.24, 2.45) is 0 Å². The van der Waals surface area contributed by atoms with E-state index in [0.29, 0.717) is 19.0 Å². The van der Waals surface area contributed by atoms with Gasteiger partial charge in [-0.2, -0.15) is 0 Å². The number of nitrogens with one attached hydrogen (secondary N) is 1. The number of hydrogen-bond acceptors (Lipinski definition) is 6. The van der Waals surface area contributed by atoms with Crippen LogP contribution in [0.15, 0.2) is 59.5 Å². The van der Waals surface area contributed by atoms with Crippen LogP contribution in [0.1, 0.15) is 41.4 Å². The molecule has 0 radical (unpaired) electrons. The number of aromatic nitrogens is 2. The molecular weight excluding hydrogens is 368 g/mol. The average Bonchev–Trinajstić information content (AvgIpc) is 3.21. The van der Waals surface area contributed by atoms with Crippen LogP contribution in [0.2, 0.25) is 0 Å². The second-order valence-corrected chi connectivity index (χ2v) is 7.02. The van der Waals surface area contributed by atoms with Gasteiger partial charge in [-0.1, -0.05) is 18.2 Å². The van der Waals surface area contributed by atoms with E-state index in [9.17, 15) is 4.79 Å². The summed E-state index contributed by atoms with van der Waals surface area (Å²) in [4.78, 5) is 22.9. The second-order valence-electron chi connectivity index (χ2n) is 7.02. The monoisotopic (exact) mass is 394 g/mol. The van der Waals surface area contributed by atoms with Crippen molar-refractivity contribution >= 4 is 5.91 Å². The third-order valence-electron chi connectivity index (χ3n) is 4.57. The molecule has 0 fully saturated rings. The molecule has 0 aliphatic carbocycles. The van der Waals surface area contributed by atoms with E-state index in [0.717, 1.165) is 17.9 Å². The Morgan fingerprint density at radius 3 is 2.62 bits per heavy atom. The first-order valence-electron chi connectivity index (χ1n) is 9.53. The Balaban J connectivity index is 1.59. The summed E-state index contributed by atoms with van der Waals surface area (Å²) in [6.45, 7) is 5.89. The van der Waals surface area contributed by atoms with Crippen molar-refractivity contribution < 1.29 is 13.9 Å². The summed E-state index contributed by atoms with van der Waals surface area (Å²) >= 11 is 0.